The maximum atomic E-state index is 12.3. The van der Waals surface area contributed by atoms with Gasteiger partial charge in [0, 0.05) is 18.7 Å². The van der Waals surface area contributed by atoms with Crippen LogP contribution in [0, 0.1) is 5.92 Å². The fourth-order valence-corrected chi connectivity index (χ4v) is 4.11. The molecule has 1 aliphatic carbocycles. The van der Waals surface area contributed by atoms with Crippen molar-refractivity contribution >= 4 is 5.91 Å². The topological polar surface area (TPSA) is 60.9 Å². The summed E-state index contributed by atoms with van der Waals surface area (Å²) in [5.74, 6) is 1.18. The van der Waals surface area contributed by atoms with Gasteiger partial charge in [0.15, 0.2) is 0 Å². The van der Waals surface area contributed by atoms with Crippen molar-refractivity contribution in [1.82, 2.24) is 9.88 Å². The maximum Gasteiger partial charge on any atom is 0.248 e. The maximum absolute atomic E-state index is 12.3. The Balaban J connectivity index is 1.24. The van der Waals surface area contributed by atoms with Gasteiger partial charge in [-0.25, -0.2) is 0 Å². The molecule has 1 aromatic rings. The molecule has 1 atom stereocenters. The number of hydrogen-bond donors (Lipinski definition) is 0. The Morgan fingerprint density at radius 3 is 2.92 bits per heavy atom. The van der Waals surface area contributed by atoms with E-state index >= 15 is 0 Å². The second kappa shape index (κ2) is 7.30. The molecule has 0 N–H and O–H groups in total. The van der Waals surface area contributed by atoms with Crippen LogP contribution >= 0.6 is 0 Å². The van der Waals surface area contributed by atoms with Crippen LogP contribution in [0.5, 0.6) is 5.75 Å². The van der Waals surface area contributed by atoms with Crippen molar-refractivity contribution in [3.05, 3.63) is 24.5 Å². The Labute approximate surface area is 148 Å². The molecule has 25 heavy (non-hydrogen) atoms. The van der Waals surface area contributed by atoms with E-state index in [1.807, 2.05) is 17.0 Å². The summed E-state index contributed by atoms with van der Waals surface area (Å²) in [4.78, 5) is 18.2. The third-order valence-electron chi connectivity index (χ3n) is 5.70. The van der Waals surface area contributed by atoms with Gasteiger partial charge in [0.2, 0.25) is 5.91 Å². The molecule has 0 radical (unpaired) electrons. The molecule has 2 aliphatic heterocycles. The van der Waals surface area contributed by atoms with Gasteiger partial charge in [-0.3, -0.25) is 9.78 Å². The highest BCUT2D eigenvalue weighted by atomic mass is 16.5. The third kappa shape index (κ3) is 3.65. The SMILES string of the molecule is O=C(COC1CCCC1)N1CC2(C1)OCCC2COc1cccnc1. The minimum atomic E-state index is -0.231. The number of pyridine rings is 1. The van der Waals surface area contributed by atoms with E-state index in [0.717, 1.165) is 31.6 Å². The van der Waals surface area contributed by atoms with E-state index in [0.29, 0.717) is 25.6 Å². The number of amides is 1. The van der Waals surface area contributed by atoms with Gasteiger partial charge in [0.25, 0.3) is 0 Å². The minimum Gasteiger partial charge on any atom is -0.492 e. The van der Waals surface area contributed by atoms with Crippen LogP contribution < -0.4 is 4.74 Å². The molecule has 4 rings (SSSR count). The second-order valence-corrected chi connectivity index (χ2v) is 7.37. The standard InChI is InChI=1S/C19H26N2O4/c22-18(12-24-16-4-1-2-5-16)21-13-19(14-21)15(7-9-25-19)11-23-17-6-3-8-20-10-17/h3,6,8,10,15-16H,1-2,4-5,7,9,11-14H2. The van der Waals surface area contributed by atoms with Crippen molar-refractivity contribution in [2.45, 2.75) is 43.8 Å². The molecule has 6 nitrogen and oxygen atoms in total. The Bertz CT molecular complexity index is 582. The van der Waals surface area contributed by atoms with Gasteiger partial charge in [-0.15, -0.1) is 0 Å². The molecule has 1 spiro atoms. The predicted octanol–water partition coefficient (Wildman–Crippen LogP) is 2.04. The van der Waals surface area contributed by atoms with Crippen LogP contribution in [0.25, 0.3) is 0 Å². The van der Waals surface area contributed by atoms with Gasteiger partial charge in [-0.05, 0) is 31.4 Å². The van der Waals surface area contributed by atoms with Crippen molar-refractivity contribution < 1.29 is 19.0 Å². The van der Waals surface area contributed by atoms with E-state index in [1.165, 1.54) is 12.8 Å². The fraction of sp³-hybridized carbons (Fsp3) is 0.684. The molecular formula is C19H26N2O4. The van der Waals surface area contributed by atoms with E-state index in [1.54, 1.807) is 12.4 Å². The first-order valence-corrected chi connectivity index (χ1v) is 9.31. The molecule has 1 amide bonds. The van der Waals surface area contributed by atoms with E-state index in [2.05, 4.69) is 4.98 Å². The normalized spacial score (nSPS) is 25.3. The van der Waals surface area contributed by atoms with Crippen molar-refractivity contribution in [3.8, 4) is 5.75 Å². The lowest BCUT2D eigenvalue weighted by Crippen LogP contribution is -2.67. The van der Waals surface area contributed by atoms with Gasteiger partial charge < -0.3 is 19.1 Å². The Kier molecular flexibility index (Phi) is 4.90. The molecule has 3 aliphatic rings. The number of likely N-dealkylation sites (tertiary alicyclic amines) is 1. The first-order valence-electron chi connectivity index (χ1n) is 9.31. The summed E-state index contributed by atoms with van der Waals surface area (Å²) in [5, 5.41) is 0. The number of ether oxygens (including phenoxy) is 3. The molecule has 1 saturated carbocycles. The van der Waals surface area contributed by atoms with E-state index < -0.39 is 0 Å². The van der Waals surface area contributed by atoms with Crippen LogP contribution in [-0.2, 0) is 14.3 Å². The number of aromatic nitrogens is 1. The summed E-state index contributed by atoms with van der Waals surface area (Å²) in [6, 6.07) is 3.77. The van der Waals surface area contributed by atoms with E-state index in [4.69, 9.17) is 14.2 Å². The van der Waals surface area contributed by atoms with Crippen molar-refractivity contribution in [2.24, 2.45) is 5.92 Å². The summed E-state index contributed by atoms with van der Waals surface area (Å²) in [7, 11) is 0. The Morgan fingerprint density at radius 2 is 2.16 bits per heavy atom. The van der Waals surface area contributed by atoms with Gasteiger partial charge in [0.1, 0.15) is 18.0 Å². The van der Waals surface area contributed by atoms with E-state index in [9.17, 15) is 4.79 Å². The first-order chi connectivity index (χ1) is 12.3. The lowest BCUT2D eigenvalue weighted by molar-refractivity contribution is -0.171. The molecule has 3 heterocycles. The quantitative estimate of drug-likeness (QED) is 0.789. The minimum absolute atomic E-state index is 0.0833. The molecule has 2 saturated heterocycles. The van der Waals surface area contributed by atoms with Gasteiger partial charge in [0.05, 0.1) is 32.0 Å². The molecule has 6 heteroatoms. The highest BCUT2D eigenvalue weighted by molar-refractivity contribution is 5.78. The van der Waals surface area contributed by atoms with Gasteiger partial charge >= 0.3 is 0 Å². The average molecular weight is 346 g/mol. The zero-order chi connectivity index (χ0) is 17.1. The molecule has 3 fully saturated rings. The van der Waals surface area contributed by atoms with Crippen LogP contribution in [-0.4, -0.2) is 60.4 Å². The van der Waals surface area contributed by atoms with Gasteiger partial charge in [-0.2, -0.15) is 0 Å². The Morgan fingerprint density at radius 1 is 1.32 bits per heavy atom. The van der Waals surface area contributed by atoms with Crippen molar-refractivity contribution in [2.75, 3.05) is 32.9 Å². The number of nitrogens with zero attached hydrogens (tertiary/aromatic N) is 2. The average Bonchev–Trinajstić information content (AvgIpc) is 3.27. The summed E-state index contributed by atoms with van der Waals surface area (Å²) in [6.45, 7) is 2.85. The first kappa shape index (κ1) is 16.8. The lowest BCUT2D eigenvalue weighted by atomic mass is 9.81. The highest BCUT2D eigenvalue weighted by Gasteiger charge is 2.54. The molecule has 1 aromatic heterocycles. The van der Waals surface area contributed by atoms with Crippen LogP contribution in [0.1, 0.15) is 32.1 Å². The third-order valence-corrected chi connectivity index (χ3v) is 5.70. The smallest absolute Gasteiger partial charge is 0.248 e. The summed E-state index contributed by atoms with van der Waals surface area (Å²) in [6.07, 6.45) is 9.33. The highest BCUT2D eigenvalue weighted by Crippen LogP contribution is 2.40. The predicted molar refractivity (Wildman–Crippen MR) is 91.3 cm³/mol. The fourth-order valence-electron chi connectivity index (χ4n) is 4.11. The van der Waals surface area contributed by atoms with Gasteiger partial charge in [-0.1, -0.05) is 12.8 Å². The van der Waals surface area contributed by atoms with Crippen molar-refractivity contribution in [1.29, 1.82) is 0 Å². The molecular weight excluding hydrogens is 320 g/mol. The monoisotopic (exact) mass is 346 g/mol. The molecule has 0 bridgehead atoms. The van der Waals surface area contributed by atoms with Crippen molar-refractivity contribution in [3.63, 3.8) is 0 Å². The zero-order valence-electron chi connectivity index (χ0n) is 14.6. The van der Waals surface area contributed by atoms with Crippen LogP contribution in [0.4, 0.5) is 0 Å². The number of carbonyl (C=O) groups is 1. The molecule has 1 unspecified atom stereocenters. The lowest BCUT2D eigenvalue weighted by Gasteiger charge is -2.50. The van der Waals surface area contributed by atoms with Crippen LogP contribution in [0.2, 0.25) is 0 Å². The summed E-state index contributed by atoms with van der Waals surface area (Å²) < 4.78 is 17.6. The number of carbonyl (C=O) groups excluding carboxylic acids is 1. The largest absolute Gasteiger partial charge is 0.492 e. The molecule has 136 valence electrons. The summed E-state index contributed by atoms with van der Waals surface area (Å²) in [5.41, 5.74) is -0.231. The second-order valence-electron chi connectivity index (χ2n) is 7.37. The zero-order valence-corrected chi connectivity index (χ0v) is 14.6. The molecule has 0 aromatic carbocycles. The Hall–Kier alpha value is -1.66. The van der Waals surface area contributed by atoms with E-state index in [-0.39, 0.29) is 24.2 Å². The van der Waals surface area contributed by atoms with Crippen LogP contribution in [0.15, 0.2) is 24.5 Å². The summed E-state index contributed by atoms with van der Waals surface area (Å²) >= 11 is 0. The van der Waals surface area contributed by atoms with Crippen LogP contribution in [0.3, 0.4) is 0 Å². The number of rotatable bonds is 6. The number of hydrogen-bond acceptors (Lipinski definition) is 5.